The normalized spacial score (nSPS) is 18.8. The first-order chi connectivity index (χ1) is 10.1. The molecular formula is C17H27NO3. The van der Waals surface area contributed by atoms with E-state index in [2.05, 4.69) is 24.4 Å². The Kier molecular flexibility index (Phi) is 6.03. The Morgan fingerprint density at radius 3 is 2.86 bits per heavy atom. The van der Waals surface area contributed by atoms with Crippen LogP contribution in [0.15, 0.2) is 18.2 Å². The van der Waals surface area contributed by atoms with Crippen molar-refractivity contribution in [2.75, 3.05) is 19.8 Å². The van der Waals surface area contributed by atoms with Crippen molar-refractivity contribution in [3.63, 3.8) is 0 Å². The zero-order chi connectivity index (χ0) is 15.2. The lowest BCUT2D eigenvalue weighted by atomic mass is 10.1. The zero-order valence-electron chi connectivity index (χ0n) is 13.3. The molecule has 0 aliphatic heterocycles. The highest BCUT2D eigenvalue weighted by Crippen LogP contribution is 2.33. The van der Waals surface area contributed by atoms with Crippen molar-refractivity contribution in [3.8, 4) is 5.75 Å². The number of aliphatic hydroxyl groups is 1. The smallest absolute Gasteiger partial charge is 0.119 e. The van der Waals surface area contributed by atoms with Crippen LogP contribution in [-0.4, -0.2) is 37.1 Å². The first-order valence-corrected chi connectivity index (χ1v) is 7.88. The summed E-state index contributed by atoms with van der Waals surface area (Å²) in [6.07, 6.45) is 1.78. The number of rotatable bonds is 8. The molecule has 1 aliphatic rings. The summed E-state index contributed by atoms with van der Waals surface area (Å²) < 4.78 is 11.0. The number of hydrogen-bond acceptors (Lipinski definition) is 4. The Labute approximate surface area is 127 Å². The number of hydrogen-bond donors (Lipinski definition) is 2. The van der Waals surface area contributed by atoms with Crippen molar-refractivity contribution in [3.05, 3.63) is 29.3 Å². The zero-order valence-corrected chi connectivity index (χ0v) is 13.3. The summed E-state index contributed by atoms with van der Waals surface area (Å²) in [5.74, 6) is 0.828. The Hall–Kier alpha value is -1.10. The number of nitrogens with one attached hydrogen (secondary N) is 1. The van der Waals surface area contributed by atoms with E-state index in [-0.39, 0.29) is 12.7 Å². The van der Waals surface area contributed by atoms with Crippen molar-refractivity contribution in [2.45, 2.75) is 51.9 Å². The van der Waals surface area contributed by atoms with Crippen LogP contribution in [0.2, 0.25) is 0 Å². The molecule has 0 radical (unpaired) electrons. The second-order valence-corrected chi connectivity index (χ2v) is 5.86. The second-order valence-electron chi connectivity index (χ2n) is 5.86. The van der Waals surface area contributed by atoms with Gasteiger partial charge in [0.1, 0.15) is 18.5 Å². The van der Waals surface area contributed by atoms with E-state index in [1.54, 1.807) is 0 Å². The van der Waals surface area contributed by atoms with Gasteiger partial charge in [-0.1, -0.05) is 13.0 Å². The highest BCUT2D eigenvalue weighted by Gasteiger charge is 2.21. The second kappa shape index (κ2) is 7.78. The average Bonchev–Trinajstić information content (AvgIpc) is 2.86. The van der Waals surface area contributed by atoms with Crippen LogP contribution in [-0.2, 0) is 11.2 Å². The van der Waals surface area contributed by atoms with Crippen molar-refractivity contribution in [2.24, 2.45) is 0 Å². The number of aryl methyl sites for hydroxylation is 1. The molecule has 0 fully saturated rings. The largest absolute Gasteiger partial charge is 0.491 e. The van der Waals surface area contributed by atoms with Crippen LogP contribution in [0.5, 0.6) is 5.75 Å². The van der Waals surface area contributed by atoms with Gasteiger partial charge in [-0.05, 0) is 56.5 Å². The highest BCUT2D eigenvalue weighted by atomic mass is 16.5. The van der Waals surface area contributed by atoms with Crippen LogP contribution < -0.4 is 10.1 Å². The lowest BCUT2D eigenvalue weighted by Gasteiger charge is -2.16. The molecule has 2 rings (SSSR count). The van der Waals surface area contributed by atoms with Crippen LogP contribution in [0.1, 0.15) is 44.4 Å². The molecule has 2 N–H and O–H groups in total. The molecule has 0 heterocycles. The molecule has 2 atom stereocenters. The maximum Gasteiger partial charge on any atom is 0.119 e. The minimum absolute atomic E-state index is 0.127. The molecule has 0 saturated heterocycles. The van der Waals surface area contributed by atoms with Gasteiger partial charge in [-0.15, -0.1) is 0 Å². The third-order valence-electron chi connectivity index (χ3n) is 3.71. The predicted molar refractivity (Wildman–Crippen MR) is 83.8 cm³/mol. The molecule has 1 aromatic carbocycles. The topological polar surface area (TPSA) is 50.7 Å². The summed E-state index contributed by atoms with van der Waals surface area (Å²) in [6, 6.07) is 6.71. The molecule has 4 nitrogen and oxygen atoms in total. The summed E-state index contributed by atoms with van der Waals surface area (Å²) in [5.41, 5.74) is 2.74. The number of ether oxygens (including phenoxy) is 2. The first-order valence-electron chi connectivity index (χ1n) is 7.88. The summed E-state index contributed by atoms with van der Waals surface area (Å²) in [5, 5.41) is 13.3. The van der Waals surface area contributed by atoms with Crippen molar-refractivity contribution in [1.82, 2.24) is 5.32 Å². The first kappa shape index (κ1) is 16.3. The minimum Gasteiger partial charge on any atom is -0.491 e. The fraction of sp³-hybridized carbons (Fsp3) is 0.647. The highest BCUT2D eigenvalue weighted by molar-refractivity contribution is 5.40. The fourth-order valence-corrected chi connectivity index (χ4v) is 2.69. The number of fused-ring (bicyclic) bond motifs is 1. The summed E-state index contributed by atoms with van der Waals surface area (Å²) in [4.78, 5) is 0. The molecule has 0 bridgehead atoms. The summed E-state index contributed by atoms with van der Waals surface area (Å²) >= 11 is 0. The van der Waals surface area contributed by atoms with Crippen LogP contribution >= 0.6 is 0 Å². The molecule has 0 spiro atoms. The molecule has 4 heteroatoms. The number of benzene rings is 1. The van der Waals surface area contributed by atoms with E-state index in [1.165, 1.54) is 11.1 Å². The van der Waals surface area contributed by atoms with Gasteiger partial charge in [0.25, 0.3) is 0 Å². The fourth-order valence-electron chi connectivity index (χ4n) is 2.69. The molecule has 1 aromatic rings. The Morgan fingerprint density at radius 2 is 2.14 bits per heavy atom. The third kappa shape index (κ3) is 4.70. The summed E-state index contributed by atoms with van der Waals surface area (Å²) in [7, 11) is 0. The van der Waals surface area contributed by atoms with E-state index in [0.29, 0.717) is 12.6 Å². The predicted octanol–water partition coefficient (Wildman–Crippen LogP) is 2.45. The van der Waals surface area contributed by atoms with E-state index >= 15 is 0 Å². The van der Waals surface area contributed by atoms with Crippen molar-refractivity contribution in [1.29, 1.82) is 0 Å². The Bertz CT molecular complexity index is 448. The molecule has 0 aromatic heterocycles. The molecule has 0 saturated carbocycles. The van der Waals surface area contributed by atoms with E-state index in [4.69, 9.17) is 9.47 Å². The van der Waals surface area contributed by atoms with Crippen molar-refractivity contribution < 1.29 is 14.6 Å². The minimum atomic E-state index is -0.588. The van der Waals surface area contributed by atoms with Crippen LogP contribution in [0.25, 0.3) is 0 Å². The van der Waals surface area contributed by atoms with Gasteiger partial charge < -0.3 is 19.9 Å². The molecule has 21 heavy (non-hydrogen) atoms. The maximum absolute atomic E-state index is 9.80. The van der Waals surface area contributed by atoms with Gasteiger partial charge in [-0.2, -0.15) is 0 Å². The molecule has 0 amide bonds. The average molecular weight is 293 g/mol. The quantitative estimate of drug-likeness (QED) is 0.773. The third-order valence-corrected chi connectivity index (χ3v) is 3.71. The van der Waals surface area contributed by atoms with Crippen LogP contribution in [0, 0.1) is 0 Å². The molecule has 2 unspecified atom stereocenters. The van der Waals surface area contributed by atoms with Gasteiger partial charge in [0.15, 0.2) is 0 Å². The van der Waals surface area contributed by atoms with E-state index < -0.39 is 6.10 Å². The molecule has 118 valence electrons. The van der Waals surface area contributed by atoms with Gasteiger partial charge >= 0.3 is 0 Å². The SMILES string of the molecule is CCNC1CCc2cc(OCC(O)COC(C)C)ccc21. The maximum atomic E-state index is 9.80. The Morgan fingerprint density at radius 1 is 1.33 bits per heavy atom. The van der Waals surface area contributed by atoms with Crippen LogP contribution in [0.4, 0.5) is 0 Å². The lowest BCUT2D eigenvalue weighted by molar-refractivity contribution is -0.0122. The van der Waals surface area contributed by atoms with Gasteiger partial charge in [0.2, 0.25) is 0 Å². The van der Waals surface area contributed by atoms with E-state index in [1.807, 2.05) is 19.9 Å². The van der Waals surface area contributed by atoms with E-state index in [9.17, 15) is 5.11 Å². The van der Waals surface area contributed by atoms with Gasteiger partial charge in [-0.25, -0.2) is 0 Å². The summed E-state index contributed by atoms with van der Waals surface area (Å²) in [6.45, 7) is 7.61. The van der Waals surface area contributed by atoms with Gasteiger partial charge in [0, 0.05) is 6.04 Å². The van der Waals surface area contributed by atoms with E-state index in [0.717, 1.165) is 25.1 Å². The monoisotopic (exact) mass is 293 g/mol. The lowest BCUT2D eigenvalue weighted by Crippen LogP contribution is -2.25. The molecular weight excluding hydrogens is 266 g/mol. The molecule has 1 aliphatic carbocycles. The van der Waals surface area contributed by atoms with Crippen LogP contribution in [0.3, 0.4) is 0 Å². The van der Waals surface area contributed by atoms with Gasteiger partial charge in [-0.3, -0.25) is 0 Å². The standard InChI is InChI=1S/C17H27NO3/c1-4-18-17-8-5-13-9-15(6-7-16(13)17)21-11-14(19)10-20-12(2)3/h6-7,9,12,14,17-19H,4-5,8,10-11H2,1-3H3. The van der Waals surface area contributed by atoms with Crippen molar-refractivity contribution >= 4 is 0 Å². The Balaban J connectivity index is 1.85. The number of aliphatic hydroxyl groups excluding tert-OH is 1. The van der Waals surface area contributed by atoms with Gasteiger partial charge in [0.05, 0.1) is 12.7 Å².